The van der Waals surface area contributed by atoms with Crippen LogP contribution in [0.5, 0.6) is 17.2 Å². The van der Waals surface area contributed by atoms with E-state index in [1.807, 2.05) is 31.2 Å². The van der Waals surface area contributed by atoms with Crippen molar-refractivity contribution in [2.75, 3.05) is 27.9 Å². The third kappa shape index (κ3) is 4.91. The first kappa shape index (κ1) is 23.3. The Morgan fingerprint density at radius 3 is 2.22 bits per heavy atom. The molecule has 0 spiro atoms. The summed E-state index contributed by atoms with van der Waals surface area (Å²) in [5.74, 6) is 0.600. The van der Waals surface area contributed by atoms with E-state index >= 15 is 0 Å². The Bertz CT molecular complexity index is 1080. The van der Waals surface area contributed by atoms with Crippen LogP contribution in [0.2, 0.25) is 0 Å². The minimum atomic E-state index is -0.628. The third-order valence-corrected chi connectivity index (χ3v) is 5.64. The number of ether oxygens (including phenoxy) is 4. The van der Waals surface area contributed by atoms with Crippen LogP contribution >= 0.6 is 11.8 Å². The summed E-state index contributed by atoms with van der Waals surface area (Å²) in [4.78, 5) is 17.6. The Morgan fingerprint density at radius 2 is 1.69 bits per heavy atom. The lowest BCUT2D eigenvalue weighted by Gasteiger charge is -2.13. The number of methoxy groups -OCH3 is 3. The first-order valence-electron chi connectivity index (χ1n) is 9.87. The minimum Gasteiger partial charge on any atom is -0.506 e. The second kappa shape index (κ2) is 10.3. The van der Waals surface area contributed by atoms with Crippen molar-refractivity contribution in [2.45, 2.75) is 13.8 Å². The molecular formula is C24H25NO6S. The fourth-order valence-electron chi connectivity index (χ4n) is 3.06. The molecule has 0 aliphatic carbocycles. The molecule has 2 aromatic rings. The number of nitrogens with zero attached hydrogens (tertiary/aromatic N) is 1. The molecule has 0 radical (unpaired) electrons. The van der Waals surface area contributed by atoms with Crippen molar-refractivity contribution >= 4 is 34.5 Å². The van der Waals surface area contributed by atoms with Crippen LogP contribution in [0.1, 0.15) is 18.1 Å². The fourth-order valence-corrected chi connectivity index (χ4v) is 4.10. The van der Waals surface area contributed by atoms with E-state index in [1.165, 1.54) is 33.1 Å². The molecule has 32 heavy (non-hydrogen) atoms. The first-order chi connectivity index (χ1) is 15.4. The van der Waals surface area contributed by atoms with Gasteiger partial charge in [0.15, 0.2) is 11.5 Å². The normalized spacial score (nSPS) is 15.9. The third-order valence-electron chi connectivity index (χ3n) is 4.62. The molecule has 0 saturated heterocycles. The summed E-state index contributed by atoms with van der Waals surface area (Å²) in [5, 5.41) is 11.2. The molecule has 7 nitrogen and oxygen atoms in total. The summed E-state index contributed by atoms with van der Waals surface area (Å²) >= 11 is 1.19. The number of benzene rings is 2. The topological polar surface area (TPSA) is 86.6 Å². The molecule has 1 aliphatic rings. The van der Waals surface area contributed by atoms with Crippen molar-refractivity contribution in [2.24, 2.45) is 4.99 Å². The average molecular weight is 456 g/mol. The smallest absolute Gasteiger partial charge is 0.344 e. The maximum absolute atomic E-state index is 12.6. The molecule has 0 bridgehead atoms. The van der Waals surface area contributed by atoms with Crippen molar-refractivity contribution in [1.82, 2.24) is 0 Å². The number of aliphatic hydroxyl groups excluding tert-OH is 1. The van der Waals surface area contributed by atoms with Crippen LogP contribution in [0.15, 0.2) is 57.6 Å². The summed E-state index contributed by atoms with van der Waals surface area (Å²) < 4.78 is 21.3. The van der Waals surface area contributed by atoms with Crippen molar-refractivity contribution in [3.05, 3.63) is 63.8 Å². The lowest BCUT2D eigenvalue weighted by molar-refractivity contribution is -0.138. The molecule has 1 aliphatic heterocycles. The van der Waals surface area contributed by atoms with Gasteiger partial charge in [-0.25, -0.2) is 9.79 Å². The lowest BCUT2D eigenvalue weighted by Crippen LogP contribution is -2.12. The van der Waals surface area contributed by atoms with Crippen molar-refractivity contribution in [3.63, 3.8) is 0 Å². The Morgan fingerprint density at radius 1 is 1.06 bits per heavy atom. The number of aliphatic imine (C=N–C) groups is 1. The summed E-state index contributed by atoms with van der Waals surface area (Å²) in [5.41, 5.74) is 2.49. The van der Waals surface area contributed by atoms with Crippen LogP contribution in [-0.4, -0.2) is 44.1 Å². The van der Waals surface area contributed by atoms with Crippen LogP contribution < -0.4 is 14.2 Å². The van der Waals surface area contributed by atoms with Crippen LogP contribution in [0.4, 0.5) is 5.69 Å². The highest BCUT2D eigenvalue weighted by molar-refractivity contribution is 8.18. The molecule has 168 valence electrons. The highest BCUT2D eigenvalue weighted by Gasteiger charge is 2.33. The van der Waals surface area contributed by atoms with Crippen LogP contribution in [0.3, 0.4) is 0 Å². The number of aliphatic hydroxyl groups is 1. The van der Waals surface area contributed by atoms with Gasteiger partial charge in [0, 0.05) is 0 Å². The second-order valence-corrected chi connectivity index (χ2v) is 7.80. The molecule has 0 fully saturated rings. The quantitative estimate of drug-likeness (QED) is 0.573. The number of hydrogen-bond donors (Lipinski definition) is 1. The van der Waals surface area contributed by atoms with Crippen molar-refractivity contribution in [3.8, 4) is 17.2 Å². The number of thioether (sulfide) groups is 1. The number of aryl methyl sites for hydroxylation is 1. The zero-order chi connectivity index (χ0) is 23.3. The Kier molecular flexibility index (Phi) is 7.48. The molecule has 1 N–H and O–H groups in total. The van der Waals surface area contributed by atoms with E-state index < -0.39 is 5.97 Å². The number of rotatable bonds is 7. The van der Waals surface area contributed by atoms with Crippen LogP contribution in [-0.2, 0) is 9.53 Å². The molecule has 3 rings (SSSR count). The van der Waals surface area contributed by atoms with E-state index in [1.54, 1.807) is 25.1 Å². The Balaban J connectivity index is 2.08. The van der Waals surface area contributed by atoms with Gasteiger partial charge in [-0.15, -0.1) is 0 Å². The van der Waals surface area contributed by atoms with Gasteiger partial charge in [-0.05, 0) is 49.8 Å². The molecule has 0 aromatic heterocycles. The minimum absolute atomic E-state index is 0.0381. The highest BCUT2D eigenvalue weighted by atomic mass is 32.2. The fraction of sp³-hybridized carbons (Fsp3) is 0.250. The molecule has 1 heterocycles. The Hall–Kier alpha value is -3.39. The highest BCUT2D eigenvalue weighted by Crippen LogP contribution is 2.43. The predicted molar refractivity (Wildman–Crippen MR) is 126 cm³/mol. The van der Waals surface area contributed by atoms with Gasteiger partial charge in [0.2, 0.25) is 5.75 Å². The molecular weight excluding hydrogens is 430 g/mol. The lowest BCUT2D eigenvalue weighted by atomic mass is 10.1. The van der Waals surface area contributed by atoms with E-state index in [0.29, 0.717) is 38.4 Å². The molecule has 0 atom stereocenters. The molecule has 0 unspecified atom stereocenters. The van der Waals surface area contributed by atoms with Gasteiger partial charge in [0.25, 0.3) is 0 Å². The van der Waals surface area contributed by atoms with Gasteiger partial charge < -0.3 is 24.1 Å². The summed E-state index contributed by atoms with van der Waals surface area (Å²) in [6.45, 7) is 3.88. The van der Waals surface area contributed by atoms with Gasteiger partial charge in [-0.1, -0.05) is 29.5 Å². The van der Waals surface area contributed by atoms with E-state index in [4.69, 9.17) is 18.9 Å². The van der Waals surface area contributed by atoms with Gasteiger partial charge in [-0.2, -0.15) is 0 Å². The zero-order valence-electron chi connectivity index (χ0n) is 18.6. The van der Waals surface area contributed by atoms with E-state index in [2.05, 4.69) is 4.99 Å². The van der Waals surface area contributed by atoms with Crippen molar-refractivity contribution < 1.29 is 28.8 Å². The molecule has 8 heteroatoms. The first-order valence-corrected chi connectivity index (χ1v) is 10.7. The maximum Gasteiger partial charge on any atom is 0.344 e. The number of carbonyl (C=O) groups excluding carboxylic acids is 1. The van der Waals surface area contributed by atoms with Gasteiger partial charge in [0.05, 0.1) is 38.5 Å². The second-order valence-electron chi connectivity index (χ2n) is 6.77. The summed E-state index contributed by atoms with van der Waals surface area (Å²) in [7, 11) is 4.58. The monoisotopic (exact) mass is 455 g/mol. The standard InChI is InChI=1S/C24H25NO6S/c1-6-31-24(27)20-21(26)19(32-23(20)25-16-9-7-14(2)8-10-16)13-15-11-17(28-3)22(30-5)18(12-15)29-4/h7-13,26H,6H2,1-5H3. The van der Waals surface area contributed by atoms with Gasteiger partial charge >= 0.3 is 5.97 Å². The predicted octanol–water partition coefficient (Wildman–Crippen LogP) is 5.21. The average Bonchev–Trinajstić information content (AvgIpc) is 3.09. The molecule has 0 amide bonds. The van der Waals surface area contributed by atoms with Crippen molar-refractivity contribution in [1.29, 1.82) is 0 Å². The molecule has 2 aromatic carbocycles. The number of carbonyl (C=O) groups is 1. The van der Waals surface area contributed by atoms with E-state index in [9.17, 15) is 9.90 Å². The van der Waals surface area contributed by atoms with Crippen LogP contribution in [0, 0.1) is 6.92 Å². The SMILES string of the molecule is CCOC(=O)C1=C(O)C(=Cc2cc(OC)c(OC)c(OC)c2)SC1=Nc1ccc(C)cc1. The van der Waals surface area contributed by atoms with E-state index in [-0.39, 0.29) is 17.9 Å². The molecule has 0 saturated carbocycles. The largest absolute Gasteiger partial charge is 0.506 e. The maximum atomic E-state index is 12.6. The zero-order valence-corrected chi connectivity index (χ0v) is 19.4. The number of hydrogen-bond acceptors (Lipinski definition) is 8. The Labute approximate surface area is 191 Å². The van der Waals surface area contributed by atoms with Gasteiger partial charge in [-0.3, -0.25) is 0 Å². The van der Waals surface area contributed by atoms with Crippen LogP contribution in [0.25, 0.3) is 6.08 Å². The van der Waals surface area contributed by atoms with E-state index in [0.717, 1.165) is 5.56 Å². The summed E-state index contributed by atoms with van der Waals surface area (Å²) in [6.07, 6.45) is 1.72. The summed E-state index contributed by atoms with van der Waals surface area (Å²) in [6, 6.07) is 11.1. The van der Waals surface area contributed by atoms with Gasteiger partial charge in [0.1, 0.15) is 16.4 Å². The number of esters is 1.